The summed E-state index contributed by atoms with van der Waals surface area (Å²) >= 11 is 0. The van der Waals surface area contributed by atoms with Crippen molar-refractivity contribution in [1.82, 2.24) is 0 Å². The van der Waals surface area contributed by atoms with Crippen LogP contribution in [0.25, 0.3) is 0 Å². The second-order valence-corrected chi connectivity index (χ2v) is 3.29. The van der Waals surface area contributed by atoms with Crippen molar-refractivity contribution in [1.29, 1.82) is 0 Å². The van der Waals surface area contributed by atoms with Gasteiger partial charge in [0.2, 0.25) is 0 Å². The van der Waals surface area contributed by atoms with Crippen LogP contribution in [0.3, 0.4) is 0 Å². The SMILES string of the molecule is CCCOCCCCCOCCC. The maximum absolute atomic E-state index is 5.37. The molecule has 0 atom stereocenters. The largest absolute Gasteiger partial charge is 0.381 e. The van der Waals surface area contributed by atoms with E-state index in [1.165, 1.54) is 19.3 Å². The average Bonchev–Trinajstić information content (AvgIpc) is 2.16. The minimum Gasteiger partial charge on any atom is -0.381 e. The van der Waals surface area contributed by atoms with Crippen molar-refractivity contribution < 1.29 is 9.47 Å². The summed E-state index contributed by atoms with van der Waals surface area (Å²) in [5.74, 6) is 0. The van der Waals surface area contributed by atoms with E-state index in [4.69, 9.17) is 9.47 Å². The van der Waals surface area contributed by atoms with Crippen molar-refractivity contribution in [2.75, 3.05) is 26.4 Å². The molecule has 0 aromatic rings. The fourth-order valence-electron chi connectivity index (χ4n) is 1.08. The Morgan fingerprint density at radius 1 is 0.615 bits per heavy atom. The van der Waals surface area contributed by atoms with Crippen molar-refractivity contribution in [2.45, 2.75) is 46.0 Å². The van der Waals surface area contributed by atoms with E-state index in [-0.39, 0.29) is 0 Å². The van der Waals surface area contributed by atoms with Gasteiger partial charge in [0.15, 0.2) is 0 Å². The van der Waals surface area contributed by atoms with Crippen LogP contribution in [0.2, 0.25) is 0 Å². The van der Waals surface area contributed by atoms with Gasteiger partial charge in [-0.2, -0.15) is 0 Å². The third-order valence-corrected chi connectivity index (χ3v) is 1.77. The Kier molecular flexibility index (Phi) is 11.8. The Morgan fingerprint density at radius 2 is 1.08 bits per heavy atom. The van der Waals surface area contributed by atoms with Crippen LogP contribution in [0.1, 0.15) is 46.0 Å². The molecule has 0 heterocycles. The zero-order chi connectivity index (χ0) is 9.78. The standard InChI is InChI=1S/C11H24O2/c1-3-8-12-10-6-5-7-11-13-9-4-2/h3-11H2,1-2H3. The van der Waals surface area contributed by atoms with Gasteiger partial charge in [-0.3, -0.25) is 0 Å². The van der Waals surface area contributed by atoms with Crippen LogP contribution >= 0.6 is 0 Å². The molecule has 0 aromatic carbocycles. The van der Waals surface area contributed by atoms with E-state index in [0.29, 0.717) is 0 Å². The summed E-state index contributed by atoms with van der Waals surface area (Å²) in [4.78, 5) is 0. The fraction of sp³-hybridized carbons (Fsp3) is 1.00. The molecule has 0 aromatic heterocycles. The van der Waals surface area contributed by atoms with E-state index < -0.39 is 0 Å². The van der Waals surface area contributed by atoms with Crippen molar-refractivity contribution >= 4 is 0 Å². The van der Waals surface area contributed by atoms with Gasteiger partial charge in [0.25, 0.3) is 0 Å². The Morgan fingerprint density at radius 3 is 1.46 bits per heavy atom. The van der Waals surface area contributed by atoms with Crippen LogP contribution in [0.4, 0.5) is 0 Å². The van der Waals surface area contributed by atoms with Crippen LogP contribution in [-0.2, 0) is 9.47 Å². The van der Waals surface area contributed by atoms with Gasteiger partial charge in [-0.1, -0.05) is 13.8 Å². The van der Waals surface area contributed by atoms with Crippen molar-refractivity contribution in [3.8, 4) is 0 Å². The Hall–Kier alpha value is -0.0800. The monoisotopic (exact) mass is 188 g/mol. The molecular formula is C11H24O2. The molecule has 0 saturated heterocycles. The fourth-order valence-corrected chi connectivity index (χ4v) is 1.08. The summed E-state index contributed by atoms with van der Waals surface area (Å²) in [5.41, 5.74) is 0. The lowest BCUT2D eigenvalue weighted by Crippen LogP contribution is -1.98. The van der Waals surface area contributed by atoms with Gasteiger partial charge in [-0.15, -0.1) is 0 Å². The highest BCUT2D eigenvalue weighted by Gasteiger charge is 1.90. The van der Waals surface area contributed by atoms with Gasteiger partial charge in [0.05, 0.1) is 0 Å². The van der Waals surface area contributed by atoms with E-state index in [9.17, 15) is 0 Å². The minimum atomic E-state index is 0.909. The number of hydrogen-bond donors (Lipinski definition) is 0. The van der Waals surface area contributed by atoms with Crippen molar-refractivity contribution in [3.05, 3.63) is 0 Å². The first-order valence-corrected chi connectivity index (χ1v) is 5.57. The maximum Gasteiger partial charge on any atom is 0.0466 e. The molecule has 80 valence electrons. The second-order valence-electron chi connectivity index (χ2n) is 3.29. The maximum atomic E-state index is 5.37. The number of rotatable bonds is 10. The number of ether oxygens (including phenoxy) is 2. The third kappa shape index (κ3) is 11.9. The van der Waals surface area contributed by atoms with Gasteiger partial charge in [0.1, 0.15) is 0 Å². The number of hydrogen-bond acceptors (Lipinski definition) is 2. The molecule has 13 heavy (non-hydrogen) atoms. The third-order valence-electron chi connectivity index (χ3n) is 1.77. The van der Waals surface area contributed by atoms with Crippen LogP contribution in [0.5, 0.6) is 0 Å². The molecule has 0 N–H and O–H groups in total. The zero-order valence-electron chi connectivity index (χ0n) is 9.18. The van der Waals surface area contributed by atoms with Gasteiger partial charge >= 0.3 is 0 Å². The molecule has 0 unspecified atom stereocenters. The quantitative estimate of drug-likeness (QED) is 0.491. The highest BCUT2D eigenvalue weighted by Crippen LogP contribution is 1.97. The highest BCUT2D eigenvalue weighted by molar-refractivity contribution is 4.40. The molecule has 0 spiro atoms. The van der Waals surface area contributed by atoms with E-state index in [1.807, 2.05) is 0 Å². The highest BCUT2D eigenvalue weighted by atomic mass is 16.5. The van der Waals surface area contributed by atoms with Crippen LogP contribution in [0, 0.1) is 0 Å². The second kappa shape index (κ2) is 11.9. The Balaban J connectivity index is 2.76. The zero-order valence-corrected chi connectivity index (χ0v) is 9.18. The minimum absolute atomic E-state index is 0.909. The van der Waals surface area contributed by atoms with E-state index in [1.54, 1.807) is 0 Å². The van der Waals surface area contributed by atoms with Crippen LogP contribution in [0.15, 0.2) is 0 Å². The van der Waals surface area contributed by atoms with Crippen LogP contribution < -0.4 is 0 Å². The summed E-state index contributed by atoms with van der Waals surface area (Å²) in [6.45, 7) is 7.93. The predicted molar refractivity (Wildman–Crippen MR) is 56.1 cm³/mol. The summed E-state index contributed by atoms with van der Waals surface area (Å²) in [6.07, 6.45) is 5.83. The van der Waals surface area contributed by atoms with Crippen LogP contribution in [-0.4, -0.2) is 26.4 Å². The van der Waals surface area contributed by atoms with Gasteiger partial charge in [-0.05, 0) is 32.1 Å². The molecule has 0 aliphatic rings. The van der Waals surface area contributed by atoms with E-state index in [2.05, 4.69) is 13.8 Å². The summed E-state index contributed by atoms with van der Waals surface area (Å²) in [6, 6.07) is 0. The molecule has 0 amide bonds. The Labute approximate surface area is 82.6 Å². The molecule has 0 fully saturated rings. The summed E-state index contributed by atoms with van der Waals surface area (Å²) < 4.78 is 10.7. The van der Waals surface area contributed by atoms with Crippen molar-refractivity contribution in [3.63, 3.8) is 0 Å². The molecule has 2 heteroatoms. The lowest BCUT2D eigenvalue weighted by atomic mass is 10.2. The van der Waals surface area contributed by atoms with E-state index >= 15 is 0 Å². The molecule has 0 aliphatic heterocycles. The molecule has 0 rings (SSSR count). The smallest absolute Gasteiger partial charge is 0.0466 e. The average molecular weight is 188 g/mol. The van der Waals surface area contributed by atoms with Gasteiger partial charge in [-0.25, -0.2) is 0 Å². The molecule has 0 radical (unpaired) electrons. The number of unbranched alkanes of at least 4 members (excludes halogenated alkanes) is 2. The first-order chi connectivity index (χ1) is 6.41. The Bertz CT molecular complexity index is 74.2. The van der Waals surface area contributed by atoms with E-state index in [0.717, 1.165) is 39.3 Å². The predicted octanol–water partition coefficient (Wildman–Crippen LogP) is 3.01. The summed E-state index contributed by atoms with van der Waals surface area (Å²) in [7, 11) is 0. The van der Waals surface area contributed by atoms with Gasteiger partial charge in [0, 0.05) is 26.4 Å². The molecule has 0 saturated carbocycles. The topological polar surface area (TPSA) is 18.5 Å². The molecular weight excluding hydrogens is 164 g/mol. The molecule has 0 aliphatic carbocycles. The lowest BCUT2D eigenvalue weighted by molar-refractivity contribution is 0.115. The molecule has 0 bridgehead atoms. The summed E-state index contributed by atoms with van der Waals surface area (Å²) in [5, 5.41) is 0. The first kappa shape index (κ1) is 12.9. The van der Waals surface area contributed by atoms with Gasteiger partial charge < -0.3 is 9.47 Å². The normalized spacial score (nSPS) is 10.6. The first-order valence-electron chi connectivity index (χ1n) is 5.57. The van der Waals surface area contributed by atoms with Crippen molar-refractivity contribution in [2.24, 2.45) is 0 Å². The molecule has 2 nitrogen and oxygen atoms in total. The lowest BCUT2D eigenvalue weighted by Gasteiger charge is -2.03.